The van der Waals surface area contributed by atoms with E-state index in [0.717, 1.165) is 30.7 Å². The van der Waals surface area contributed by atoms with E-state index >= 15 is 0 Å². The quantitative estimate of drug-likeness (QED) is 0.662. The fourth-order valence-electron chi connectivity index (χ4n) is 4.53. The second-order valence-corrected chi connectivity index (χ2v) is 8.96. The average molecular weight is 440 g/mol. The van der Waals surface area contributed by atoms with Gasteiger partial charge in [0.05, 0.1) is 12.4 Å². The molecule has 2 aliphatic heterocycles. The molecule has 2 aromatic rings. The highest BCUT2D eigenvalue weighted by atomic mass is 16.5. The van der Waals surface area contributed by atoms with Crippen LogP contribution < -0.4 is 4.90 Å². The van der Waals surface area contributed by atoms with E-state index in [1.165, 1.54) is 6.26 Å². The highest BCUT2D eigenvalue weighted by molar-refractivity contribution is 5.91. The molecule has 4 rings (SSSR count). The molecule has 7 heteroatoms. The van der Waals surface area contributed by atoms with Gasteiger partial charge in [0.1, 0.15) is 0 Å². The first-order valence-electron chi connectivity index (χ1n) is 11.5. The van der Waals surface area contributed by atoms with Gasteiger partial charge in [0.15, 0.2) is 5.76 Å². The molecule has 172 valence electrons. The van der Waals surface area contributed by atoms with Crippen LogP contribution >= 0.6 is 0 Å². The van der Waals surface area contributed by atoms with Crippen LogP contribution in [0, 0.1) is 5.92 Å². The highest BCUT2D eigenvalue weighted by Gasteiger charge is 2.32. The van der Waals surface area contributed by atoms with Crippen LogP contribution in [0.25, 0.3) is 0 Å². The number of rotatable bonds is 7. The Balaban J connectivity index is 1.40. The van der Waals surface area contributed by atoms with Crippen LogP contribution in [0.15, 0.2) is 47.1 Å². The van der Waals surface area contributed by atoms with Crippen LogP contribution in [-0.2, 0) is 16.1 Å². The lowest BCUT2D eigenvalue weighted by atomic mass is 9.94. The molecule has 0 saturated carbocycles. The smallest absolute Gasteiger partial charge is 0.289 e. The first-order chi connectivity index (χ1) is 15.5. The van der Waals surface area contributed by atoms with Crippen molar-refractivity contribution in [2.24, 2.45) is 5.92 Å². The van der Waals surface area contributed by atoms with E-state index in [0.29, 0.717) is 44.8 Å². The molecular formula is C25H33N3O4. The fourth-order valence-corrected chi connectivity index (χ4v) is 4.53. The summed E-state index contributed by atoms with van der Waals surface area (Å²) in [5.74, 6) is 0.356. The Hall–Kier alpha value is -2.80. The van der Waals surface area contributed by atoms with Gasteiger partial charge in [0, 0.05) is 58.5 Å². The van der Waals surface area contributed by atoms with Gasteiger partial charge in [0.25, 0.3) is 5.91 Å². The first kappa shape index (κ1) is 22.4. The SMILES string of the molecule is CN(C)c1ccc(CN(CC2CCCO2)C(=O)C2CCN(C(=O)c3ccco3)CC2)cc1. The molecule has 3 heterocycles. The van der Waals surface area contributed by atoms with E-state index < -0.39 is 0 Å². The van der Waals surface area contributed by atoms with Crippen LogP contribution in [0.5, 0.6) is 0 Å². The number of likely N-dealkylation sites (tertiary alicyclic amines) is 1. The van der Waals surface area contributed by atoms with Crippen LogP contribution in [0.4, 0.5) is 5.69 Å². The number of amides is 2. The van der Waals surface area contributed by atoms with E-state index in [2.05, 4.69) is 29.2 Å². The number of benzene rings is 1. The van der Waals surface area contributed by atoms with Gasteiger partial charge in [0.2, 0.25) is 5.91 Å². The zero-order valence-electron chi connectivity index (χ0n) is 19.0. The predicted octanol–water partition coefficient (Wildman–Crippen LogP) is 3.41. The lowest BCUT2D eigenvalue weighted by Crippen LogP contribution is -2.46. The Labute approximate surface area is 189 Å². The summed E-state index contributed by atoms with van der Waals surface area (Å²) in [6.45, 7) is 3.12. The van der Waals surface area contributed by atoms with Gasteiger partial charge in [-0.05, 0) is 55.5 Å². The van der Waals surface area contributed by atoms with Gasteiger partial charge in [-0.25, -0.2) is 0 Å². The second-order valence-electron chi connectivity index (χ2n) is 8.96. The number of carbonyl (C=O) groups is 2. The fraction of sp³-hybridized carbons (Fsp3) is 0.520. The van der Waals surface area contributed by atoms with Crippen LogP contribution in [0.1, 0.15) is 41.8 Å². The molecule has 7 nitrogen and oxygen atoms in total. The third-order valence-corrected chi connectivity index (χ3v) is 6.45. The standard InChI is InChI=1S/C25H33N3O4/c1-26(2)21-9-7-19(8-10-21)17-28(18-22-5-3-15-31-22)24(29)20-11-13-27(14-12-20)25(30)23-6-4-16-32-23/h4,6-10,16,20,22H,3,5,11-15,17-18H2,1-2H3. The van der Waals surface area contributed by atoms with Gasteiger partial charge in [-0.1, -0.05) is 12.1 Å². The van der Waals surface area contributed by atoms with Gasteiger partial charge in [-0.15, -0.1) is 0 Å². The van der Waals surface area contributed by atoms with Crippen molar-refractivity contribution in [3.05, 3.63) is 54.0 Å². The normalized spacial score (nSPS) is 19.2. The number of hydrogen-bond donors (Lipinski definition) is 0. The van der Waals surface area contributed by atoms with Crippen molar-refractivity contribution >= 4 is 17.5 Å². The molecule has 1 unspecified atom stereocenters. The van der Waals surface area contributed by atoms with Crippen molar-refractivity contribution in [3.8, 4) is 0 Å². The number of carbonyl (C=O) groups excluding carboxylic acids is 2. The zero-order valence-corrected chi connectivity index (χ0v) is 19.0. The lowest BCUT2D eigenvalue weighted by Gasteiger charge is -2.35. The van der Waals surface area contributed by atoms with Crippen molar-refractivity contribution in [1.82, 2.24) is 9.80 Å². The van der Waals surface area contributed by atoms with Gasteiger partial charge < -0.3 is 23.9 Å². The largest absolute Gasteiger partial charge is 0.459 e. The third-order valence-electron chi connectivity index (χ3n) is 6.45. The maximum absolute atomic E-state index is 13.5. The molecule has 32 heavy (non-hydrogen) atoms. The summed E-state index contributed by atoms with van der Waals surface area (Å²) >= 11 is 0. The summed E-state index contributed by atoms with van der Waals surface area (Å²) in [7, 11) is 4.04. The molecule has 0 spiro atoms. The van der Waals surface area contributed by atoms with E-state index in [1.807, 2.05) is 19.0 Å². The maximum atomic E-state index is 13.5. The topological polar surface area (TPSA) is 66.2 Å². The minimum atomic E-state index is -0.0990. The van der Waals surface area contributed by atoms with Crippen molar-refractivity contribution in [2.75, 3.05) is 45.2 Å². The van der Waals surface area contributed by atoms with Gasteiger partial charge >= 0.3 is 0 Å². The summed E-state index contributed by atoms with van der Waals surface area (Å²) < 4.78 is 11.1. The molecule has 2 amide bonds. The summed E-state index contributed by atoms with van der Waals surface area (Å²) in [6, 6.07) is 11.8. The van der Waals surface area contributed by atoms with Crippen LogP contribution in [-0.4, -0.2) is 68.1 Å². The minimum absolute atomic E-state index is 0.0712. The molecule has 0 radical (unpaired) electrons. The first-order valence-corrected chi connectivity index (χ1v) is 11.5. The lowest BCUT2D eigenvalue weighted by molar-refractivity contribution is -0.139. The van der Waals surface area contributed by atoms with E-state index in [4.69, 9.17) is 9.15 Å². The predicted molar refractivity (Wildman–Crippen MR) is 122 cm³/mol. The van der Waals surface area contributed by atoms with Crippen molar-refractivity contribution in [3.63, 3.8) is 0 Å². The monoisotopic (exact) mass is 439 g/mol. The molecule has 0 N–H and O–H groups in total. The number of piperidine rings is 1. The van der Waals surface area contributed by atoms with E-state index in [-0.39, 0.29) is 23.8 Å². The second kappa shape index (κ2) is 10.2. The molecule has 1 aromatic carbocycles. The summed E-state index contributed by atoms with van der Waals surface area (Å²) in [5, 5.41) is 0. The summed E-state index contributed by atoms with van der Waals surface area (Å²) in [4.78, 5) is 31.9. The minimum Gasteiger partial charge on any atom is -0.459 e. The molecular weight excluding hydrogens is 406 g/mol. The Morgan fingerprint density at radius 1 is 1.06 bits per heavy atom. The highest BCUT2D eigenvalue weighted by Crippen LogP contribution is 2.24. The van der Waals surface area contributed by atoms with E-state index in [9.17, 15) is 9.59 Å². The molecule has 2 fully saturated rings. The summed E-state index contributed by atoms with van der Waals surface area (Å²) in [5.41, 5.74) is 2.26. The molecule has 2 saturated heterocycles. The number of nitrogens with zero attached hydrogens (tertiary/aromatic N) is 3. The van der Waals surface area contributed by atoms with Crippen molar-refractivity contribution < 1.29 is 18.7 Å². The number of hydrogen-bond acceptors (Lipinski definition) is 5. The maximum Gasteiger partial charge on any atom is 0.289 e. The summed E-state index contributed by atoms with van der Waals surface area (Å²) in [6.07, 6.45) is 5.02. The van der Waals surface area contributed by atoms with E-state index in [1.54, 1.807) is 17.0 Å². The molecule has 0 bridgehead atoms. The zero-order chi connectivity index (χ0) is 22.5. The van der Waals surface area contributed by atoms with Crippen molar-refractivity contribution in [2.45, 2.75) is 38.3 Å². The Morgan fingerprint density at radius 3 is 2.41 bits per heavy atom. The Bertz CT molecular complexity index is 880. The Kier molecular flexibility index (Phi) is 7.15. The van der Waals surface area contributed by atoms with Gasteiger partial charge in [-0.3, -0.25) is 9.59 Å². The average Bonchev–Trinajstić information content (AvgIpc) is 3.53. The third kappa shape index (κ3) is 5.33. The van der Waals surface area contributed by atoms with Crippen LogP contribution in [0.2, 0.25) is 0 Å². The Morgan fingerprint density at radius 2 is 1.81 bits per heavy atom. The van der Waals surface area contributed by atoms with Gasteiger partial charge in [-0.2, -0.15) is 0 Å². The number of ether oxygens (including phenoxy) is 1. The molecule has 2 aliphatic rings. The number of anilines is 1. The molecule has 0 aliphatic carbocycles. The number of furan rings is 1. The van der Waals surface area contributed by atoms with Crippen molar-refractivity contribution in [1.29, 1.82) is 0 Å². The molecule has 1 atom stereocenters. The van der Waals surface area contributed by atoms with Crippen LogP contribution in [0.3, 0.4) is 0 Å². The molecule has 1 aromatic heterocycles.